The third-order valence-corrected chi connectivity index (χ3v) is 4.60. The third-order valence-electron chi connectivity index (χ3n) is 4.60. The van der Waals surface area contributed by atoms with E-state index in [0.29, 0.717) is 12.1 Å². The molecule has 3 heteroatoms. The Kier molecular flexibility index (Phi) is 4.69. The van der Waals surface area contributed by atoms with E-state index in [1.165, 1.54) is 31.2 Å². The van der Waals surface area contributed by atoms with Gasteiger partial charge < -0.3 is 14.8 Å². The maximum atomic E-state index is 6.17. The van der Waals surface area contributed by atoms with E-state index in [4.69, 9.17) is 9.47 Å². The Morgan fingerprint density at radius 3 is 3.05 bits per heavy atom. The van der Waals surface area contributed by atoms with E-state index in [2.05, 4.69) is 37.4 Å². The van der Waals surface area contributed by atoms with Crippen LogP contribution in [0.15, 0.2) is 18.2 Å². The number of hydrogen-bond acceptors (Lipinski definition) is 3. The molecule has 116 valence electrons. The number of hydrogen-bond donors (Lipinski definition) is 1. The Morgan fingerprint density at radius 2 is 2.24 bits per heavy atom. The largest absolute Gasteiger partial charge is 0.491 e. The Labute approximate surface area is 128 Å². The first-order valence-corrected chi connectivity index (χ1v) is 8.43. The Balaban J connectivity index is 1.64. The highest BCUT2D eigenvalue weighted by atomic mass is 16.5. The van der Waals surface area contributed by atoms with Crippen LogP contribution in [0.2, 0.25) is 0 Å². The normalized spacial score (nSPS) is 28.0. The topological polar surface area (TPSA) is 30.5 Å². The number of nitrogens with one attached hydrogen (secondary N) is 1. The maximum Gasteiger partial charge on any atom is 0.128 e. The third kappa shape index (κ3) is 3.52. The molecule has 1 saturated carbocycles. The molecule has 1 fully saturated rings. The summed E-state index contributed by atoms with van der Waals surface area (Å²) in [6, 6.07) is 6.68. The van der Waals surface area contributed by atoms with Crippen molar-refractivity contribution in [3.63, 3.8) is 0 Å². The van der Waals surface area contributed by atoms with E-state index in [0.717, 1.165) is 37.0 Å². The van der Waals surface area contributed by atoms with Crippen molar-refractivity contribution in [2.45, 2.75) is 58.1 Å². The molecule has 0 spiro atoms. The van der Waals surface area contributed by atoms with Crippen molar-refractivity contribution in [1.82, 2.24) is 5.32 Å². The van der Waals surface area contributed by atoms with Gasteiger partial charge in [-0.25, -0.2) is 0 Å². The van der Waals surface area contributed by atoms with Crippen molar-refractivity contribution in [3.8, 4) is 11.5 Å². The van der Waals surface area contributed by atoms with E-state index < -0.39 is 0 Å². The van der Waals surface area contributed by atoms with Crippen LogP contribution in [-0.2, 0) is 0 Å². The van der Waals surface area contributed by atoms with Gasteiger partial charge in [0.2, 0.25) is 0 Å². The zero-order valence-corrected chi connectivity index (χ0v) is 13.2. The lowest BCUT2D eigenvalue weighted by Crippen LogP contribution is -2.24. The van der Waals surface area contributed by atoms with Crippen LogP contribution in [0, 0.1) is 5.92 Å². The van der Waals surface area contributed by atoms with Crippen molar-refractivity contribution in [2.24, 2.45) is 5.92 Å². The SMILES string of the molecule is CCCNC1COc2cc(OC3CCCC(C)C3)ccc21. The van der Waals surface area contributed by atoms with Crippen molar-refractivity contribution in [3.05, 3.63) is 23.8 Å². The van der Waals surface area contributed by atoms with E-state index in [9.17, 15) is 0 Å². The molecule has 1 aliphatic heterocycles. The van der Waals surface area contributed by atoms with Crippen LogP contribution in [0.3, 0.4) is 0 Å². The number of rotatable bonds is 5. The van der Waals surface area contributed by atoms with Gasteiger partial charge in [0.1, 0.15) is 18.1 Å². The van der Waals surface area contributed by atoms with Crippen molar-refractivity contribution >= 4 is 0 Å². The molecule has 1 heterocycles. The van der Waals surface area contributed by atoms with Gasteiger partial charge in [-0.1, -0.05) is 20.3 Å². The van der Waals surface area contributed by atoms with E-state index in [1.54, 1.807) is 0 Å². The minimum absolute atomic E-state index is 0.337. The molecule has 3 unspecified atom stereocenters. The van der Waals surface area contributed by atoms with Gasteiger partial charge in [0.15, 0.2) is 0 Å². The Bertz CT molecular complexity index is 474. The summed E-state index contributed by atoms with van der Waals surface area (Å²) in [5.41, 5.74) is 1.27. The first-order valence-electron chi connectivity index (χ1n) is 8.43. The zero-order chi connectivity index (χ0) is 14.7. The van der Waals surface area contributed by atoms with Gasteiger partial charge in [-0.05, 0) is 50.3 Å². The molecule has 1 N–H and O–H groups in total. The van der Waals surface area contributed by atoms with Gasteiger partial charge in [0.25, 0.3) is 0 Å². The minimum atomic E-state index is 0.337. The maximum absolute atomic E-state index is 6.17. The highest BCUT2D eigenvalue weighted by Gasteiger charge is 2.25. The van der Waals surface area contributed by atoms with Crippen LogP contribution < -0.4 is 14.8 Å². The lowest BCUT2D eigenvalue weighted by atomic mass is 9.89. The second-order valence-electron chi connectivity index (χ2n) is 6.53. The average Bonchev–Trinajstić information content (AvgIpc) is 2.87. The molecule has 3 rings (SSSR count). The van der Waals surface area contributed by atoms with Crippen LogP contribution in [0.4, 0.5) is 0 Å². The van der Waals surface area contributed by atoms with Crippen LogP contribution in [-0.4, -0.2) is 19.3 Å². The van der Waals surface area contributed by atoms with Gasteiger partial charge in [0.05, 0.1) is 12.1 Å². The molecule has 0 amide bonds. The van der Waals surface area contributed by atoms with E-state index in [1.807, 2.05) is 0 Å². The summed E-state index contributed by atoms with van der Waals surface area (Å²) < 4.78 is 12.0. The molecular weight excluding hydrogens is 262 g/mol. The number of ether oxygens (including phenoxy) is 2. The van der Waals surface area contributed by atoms with Crippen molar-refractivity contribution in [2.75, 3.05) is 13.2 Å². The molecule has 1 aliphatic carbocycles. The Hall–Kier alpha value is -1.22. The summed E-state index contributed by atoms with van der Waals surface area (Å²) in [6.45, 7) is 6.28. The van der Waals surface area contributed by atoms with E-state index >= 15 is 0 Å². The molecule has 3 atom stereocenters. The van der Waals surface area contributed by atoms with E-state index in [-0.39, 0.29) is 0 Å². The quantitative estimate of drug-likeness (QED) is 0.886. The minimum Gasteiger partial charge on any atom is -0.491 e. The van der Waals surface area contributed by atoms with Crippen molar-refractivity contribution < 1.29 is 9.47 Å². The van der Waals surface area contributed by atoms with Gasteiger partial charge in [0, 0.05) is 11.6 Å². The summed E-state index contributed by atoms with van der Waals surface area (Å²) in [4.78, 5) is 0. The van der Waals surface area contributed by atoms with Gasteiger partial charge >= 0.3 is 0 Å². The fraction of sp³-hybridized carbons (Fsp3) is 0.667. The molecule has 1 aromatic rings. The summed E-state index contributed by atoms with van der Waals surface area (Å²) in [5.74, 6) is 2.74. The van der Waals surface area contributed by atoms with Crippen LogP contribution in [0.1, 0.15) is 57.6 Å². The summed E-state index contributed by atoms with van der Waals surface area (Å²) in [7, 11) is 0. The molecular formula is C18H27NO2. The summed E-state index contributed by atoms with van der Waals surface area (Å²) >= 11 is 0. The first-order chi connectivity index (χ1) is 10.3. The predicted octanol–water partition coefficient (Wildman–Crippen LogP) is 4.08. The zero-order valence-electron chi connectivity index (χ0n) is 13.2. The fourth-order valence-corrected chi connectivity index (χ4v) is 3.43. The summed E-state index contributed by atoms with van der Waals surface area (Å²) in [5, 5.41) is 3.53. The molecule has 1 aromatic carbocycles. The first kappa shape index (κ1) is 14.7. The average molecular weight is 289 g/mol. The molecule has 0 aromatic heterocycles. The van der Waals surface area contributed by atoms with Crippen LogP contribution in [0.25, 0.3) is 0 Å². The molecule has 21 heavy (non-hydrogen) atoms. The van der Waals surface area contributed by atoms with Crippen LogP contribution >= 0.6 is 0 Å². The molecule has 0 radical (unpaired) electrons. The summed E-state index contributed by atoms with van der Waals surface area (Å²) in [6.07, 6.45) is 6.52. The van der Waals surface area contributed by atoms with Gasteiger partial charge in [-0.15, -0.1) is 0 Å². The number of benzene rings is 1. The highest BCUT2D eigenvalue weighted by Crippen LogP contribution is 2.36. The molecule has 3 nitrogen and oxygen atoms in total. The second-order valence-corrected chi connectivity index (χ2v) is 6.53. The lowest BCUT2D eigenvalue weighted by Gasteiger charge is -2.27. The predicted molar refractivity (Wildman–Crippen MR) is 85.0 cm³/mol. The number of fused-ring (bicyclic) bond motifs is 1. The molecule has 0 saturated heterocycles. The standard InChI is InChI=1S/C18H27NO2/c1-3-9-19-17-12-20-18-11-15(7-8-16(17)18)21-14-6-4-5-13(2)10-14/h7-8,11,13-14,17,19H,3-6,9-10,12H2,1-2H3. The van der Waals surface area contributed by atoms with Gasteiger partial charge in [-0.3, -0.25) is 0 Å². The van der Waals surface area contributed by atoms with Crippen molar-refractivity contribution in [1.29, 1.82) is 0 Å². The highest BCUT2D eigenvalue weighted by molar-refractivity contribution is 5.45. The lowest BCUT2D eigenvalue weighted by molar-refractivity contribution is 0.129. The molecule has 2 aliphatic rings. The Morgan fingerprint density at radius 1 is 1.33 bits per heavy atom. The smallest absolute Gasteiger partial charge is 0.128 e. The fourth-order valence-electron chi connectivity index (χ4n) is 3.43. The second kappa shape index (κ2) is 6.69. The van der Waals surface area contributed by atoms with Gasteiger partial charge in [-0.2, -0.15) is 0 Å². The van der Waals surface area contributed by atoms with Crippen LogP contribution in [0.5, 0.6) is 11.5 Å². The molecule has 0 bridgehead atoms. The monoisotopic (exact) mass is 289 g/mol.